The van der Waals surface area contributed by atoms with Gasteiger partial charge in [-0.25, -0.2) is 0 Å². The van der Waals surface area contributed by atoms with E-state index in [9.17, 15) is 4.79 Å². The summed E-state index contributed by atoms with van der Waals surface area (Å²) in [5.41, 5.74) is 1.32. The summed E-state index contributed by atoms with van der Waals surface area (Å²) in [6.07, 6.45) is 5.83. The van der Waals surface area contributed by atoms with Crippen LogP contribution in [0.15, 0.2) is 34.5 Å². The first-order valence-corrected chi connectivity index (χ1v) is 6.43. The Morgan fingerprint density at radius 3 is 2.67 bits per heavy atom. The van der Waals surface area contributed by atoms with Crippen molar-refractivity contribution in [3.05, 3.63) is 35.8 Å². The van der Waals surface area contributed by atoms with Crippen molar-refractivity contribution < 1.29 is 9.21 Å². The van der Waals surface area contributed by atoms with E-state index in [4.69, 9.17) is 4.42 Å². The maximum atomic E-state index is 11.7. The summed E-state index contributed by atoms with van der Waals surface area (Å²) in [6.45, 7) is 8.44. The van der Waals surface area contributed by atoms with Gasteiger partial charge in [-0.05, 0) is 45.7 Å². The van der Waals surface area contributed by atoms with Gasteiger partial charge in [0.15, 0.2) is 0 Å². The molecule has 0 aliphatic carbocycles. The van der Waals surface area contributed by atoms with Crippen molar-refractivity contribution >= 4 is 5.91 Å². The highest BCUT2D eigenvalue weighted by molar-refractivity contribution is 5.73. The Bertz CT molecular complexity index is 389. The lowest BCUT2D eigenvalue weighted by Crippen LogP contribution is -2.36. The van der Waals surface area contributed by atoms with Crippen LogP contribution in [-0.4, -0.2) is 16.8 Å². The zero-order valence-electron chi connectivity index (χ0n) is 11.8. The van der Waals surface area contributed by atoms with Gasteiger partial charge in [0.05, 0.1) is 12.8 Å². The molecule has 1 atom stereocenters. The lowest BCUT2D eigenvalue weighted by molar-refractivity contribution is -0.131. The first-order chi connectivity index (χ1) is 8.50. The van der Waals surface area contributed by atoms with Crippen LogP contribution in [0.2, 0.25) is 0 Å². The Morgan fingerprint density at radius 1 is 1.44 bits per heavy atom. The Morgan fingerprint density at radius 2 is 2.17 bits per heavy atom. The van der Waals surface area contributed by atoms with E-state index in [0.29, 0.717) is 6.54 Å². The van der Waals surface area contributed by atoms with E-state index in [1.165, 1.54) is 5.57 Å². The predicted molar refractivity (Wildman–Crippen MR) is 73.1 cm³/mol. The second-order valence-electron chi connectivity index (χ2n) is 4.93. The van der Waals surface area contributed by atoms with Crippen molar-refractivity contribution in [3.8, 4) is 0 Å². The molecule has 0 saturated heterocycles. The number of furan rings is 1. The molecule has 100 valence electrons. The number of amides is 1. The maximum absolute atomic E-state index is 11.7. The quantitative estimate of drug-likeness (QED) is 0.719. The molecule has 0 unspecified atom stereocenters. The van der Waals surface area contributed by atoms with Crippen molar-refractivity contribution in [1.82, 2.24) is 4.90 Å². The average Bonchev–Trinajstić information content (AvgIpc) is 2.77. The number of nitrogens with zero attached hydrogens (tertiary/aromatic N) is 1. The van der Waals surface area contributed by atoms with Gasteiger partial charge >= 0.3 is 0 Å². The van der Waals surface area contributed by atoms with E-state index in [0.717, 1.165) is 18.6 Å². The summed E-state index contributed by atoms with van der Waals surface area (Å²) in [5.74, 6) is 0.926. The van der Waals surface area contributed by atoms with E-state index in [2.05, 4.69) is 26.8 Å². The van der Waals surface area contributed by atoms with Crippen molar-refractivity contribution in [3.63, 3.8) is 0 Å². The van der Waals surface area contributed by atoms with Gasteiger partial charge in [0.2, 0.25) is 5.91 Å². The van der Waals surface area contributed by atoms with Gasteiger partial charge in [-0.2, -0.15) is 0 Å². The molecule has 0 fully saturated rings. The van der Waals surface area contributed by atoms with Crippen molar-refractivity contribution in [2.45, 2.75) is 53.1 Å². The zero-order chi connectivity index (χ0) is 13.5. The Kier molecular flexibility index (Phi) is 5.69. The molecule has 0 aliphatic heterocycles. The van der Waals surface area contributed by atoms with E-state index < -0.39 is 0 Å². The molecule has 1 rings (SSSR count). The molecule has 0 aliphatic rings. The summed E-state index contributed by atoms with van der Waals surface area (Å²) in [4.78, 5) is 13.5. The second-order valence-corrected chi connectivity index (χ2v) is 4.93. The van der Waals surface area contributed by atoms with E-state index in [1.54, 1.807) is 13.2 Å². The molecule has 18 heavy (non-hydrogen) atoms. The van der Waals surface area contributed by atoms with Crippen LogP contribution >= 0.6 is 0 Å². The minimum absolute atomic E-state index is 0.0936. The Hall–Kier alpha value is -1.51. The van der Waals surface area contributed by atoms with Crippen molar-refractivity contribution in [1.29, 1.82) is 0 Å². The molecule has 3 nitrogen and oxygen atoms in total. The van der Waals surface area contributed by atoms with Crippen LogP contribution in [0.4, 0.5) is 0 Å². The average molecular weight is 249 g/mol. The van der Waals surface area contributed by atoms with Gasteiger partial charge in [-0.1, -0.05) is 11.6 Å². The highest BCUT2D eigenvalue weighted by Crippen LogP contribution is 2.13. The van der Waals surface area contributed by atoms with E-state index >= 15 is 0 Å². The number of hydrogen-bond acceptors (Lipinski definition) is 2. The van der Waals surface area contributed by atoms with E-state index in [1.807, 2.05) is 17.0 Å². The maximum Gasteiger partial charge on any atom is 0.220 e. The fourth-order valence-corrected chi connectivity index (χ4v) is 1.92. The highest BCUT2D eigenvalue weighted by atomic mass is 16.3. The van der Waals surface area contributed by atoms with Gasteiger partial charge in [0, 0.05) is 13.0 Å². The van der Waals surface area contributed by atoms with Crippen LogP contribution in [0.1, 0.15) is 46.3 Å². The monoisotopic (exact) mass is 249 g/mol. The lowest BCUT2D eigenvalue weighted by Gasteiger charge is -2.27. The highest BCUT2D eigenvalue weighted by Gasteiger charge is 2.17. The molecule has 1 aromatic heterocycles. The van der Waals surface area contributed by atoms with Crippen LogP contribution in [0.25, 0.3) is 0 Å². The molecule has 3 heteroatoms. The van der Waals surface area contributed by atoms with Crippen LogP contribution in [0.3, 0.4) is 0 Å². The normalized spacial score (nSPS) is 12.0. The number of allylic oxidation sites excluding steroid dienone is 2. The molecule has 0 N–H and O–H groups in total. The van der Waals surface area contributed by atoms with Gasteiger partial charge in [0.25, 0.3) is 0 Å². The van der Waals surface area contributed by atoms with Crippen molar-refractivity contribution in [2.24, 2.45) is 0 Å². The number of hydrogen-bond donors (Lipinski definition) is 0. The number of rotatable bonds is 6. The van der Waals surface area contributed by atoms with Crippen LogP contribution < -0.4 is 0 Å². The summed E-state index contributed by atoms with van der Waals surface area (Å²) in [7, 11) is 0. The minimum Gasteiger partial charge on any atom is -0.467 e. The third-order valence-corrected chi connectivity index (χ3v) is 2.98. The molecule has 0 saturated carbocycles. The second kappa shape index (κ2) is 7.04. The number of carbonyl (C=O) groups excluding carboxylic acids is 1. The smallest absolute Gasteiger partial charge is 0.220 e. The fourth-order valence-electron chi connectivity index (χ4n) is 1.92. The minimum atomic E-state index is 0.0936. The first kappa shape index (κ1) is 14.6. The third kappa shape index (κ3) is 4.78. The SMILES string of the molecule is CC(=O)N(Cc1ccco1)[C@@H](C)CCC=C(C)C. The van der Waals surface area contributed by atoms with E-state index in [-0.39, 0.29) is 11.9 Å². The number of carbonyl (C=O) groups is 1. The Labute approximate surface area is 109 Å². The summed E-state index contributed by atoms with van der Waals surface area (Å²) in [5, 5.41) is 0. The molecule has 1 heterocycles. The van der Waals surface area contributed by atoms with Crippen LogP contribution in [-0.2, 0) is 11.3 Å². The van der Waals surface area contributed by atoms with Gasteiger partial charge in [-0.3, -0.25) is 4.79 Å². The summed E-state index contributed by atoms with van der Waals surface area (Å²) < 4.78 is 5.30. The van der Waals surface area contributed by atoms with Crippen molar-refractivity contribution in [2.75, 3.05) is 0 Å². The lowest BCUT2D eigenvalue weighted by atomic mass is 10.1. The molecule has 1 aromatic rings. The van der Waals surface area contributed by atoms with Gasteiger partial charge in [0.1, 0.15) is 5.76 Å². The molecular weight excluding hydrogens is 226 g/mol. The molecular formula is C15H23NO2. The molecule has 1 amide bonds. The first-order valence-electron chi connectivity index (χ1n) is 6.43. The molecule has 0 bridgehead atoms. The molecule has 0 aromatic carbocycles. The standard InChI is InChI=1S/C15H23NO2/c1-12(2)7-5-8-13(3)16(14(4)17)11-15-9-6-10-18-15/h6-7,9-10,13H,5,8,11H2,1-4H3/t13-/m0/s1. The molecule has 0 spiro atoms. The van der Waals surface area contributed by atoms with Gasteiger partial charge in [-0.15, -0.1) is 0 Å². The third-order valence-electron chi connectivity index (χ3n) is 2.98. The summed E-state index contributed by atoms with van der Waals surface area (Å²) in [6, 6.07) is 3.98. The van der Waals surface area contributed by atoms with Gasteiger partial charge < -0.3 is 9.32 Å². The van der Waals surface area contributed by atoms with Crippen LogP contribution in [0, 0.1) is 0 Å². The van der Waals surface area contributed by atoms with Crippen LogP contribution in [0.5, 0.6) is 0 Å². The molecule has 0 radical (unpaired) electrons. The topological polar surface area (TPSA) is 33.5 Å². The fraction of sp³-hybridized carbons (Fsp3) is 0.533. The zero-order valence-corrected chi connectivity index (χ0v) is 11.8. The summed E-state index contributed by atoms with van der Waals surface area (Å²) >= 11 is 0. The Balaban J connectivity index is 2.55. The largest absolute Gasteiger partial charge is 0.467 e. The predicted octanol–water partition coefficient (Wildman–Crippen LogP) is 3.76.